The summed E-state index contributed by atoms with van der Waals surface area (Å²) in [5.74, 6) is 0.551. The molecule has 5 heteroatoms. The third-order valence-corrected chi connectivity index (χ3v) is 3.54. The molecule has 1 aliphatic heterocycles. The van der Waals surface area contributed by atoms with Gasteiger partial charge in [0.25, 0.3) is 5.91 Å². The summed E-state index contributed by atoms with van der Waals surface area (Å²) in [6, 6.07) is 3.62. The summed E-state index contributed by atoms with van der Waals surface area (Å²) < 4.78 is 5.48. The van der Waals surface area contributed by atoms with Crippen LogP contribution in [-0.2, 0) is 4.74 Å². The van der Waals surface area contributed by atoms with E-state index >= 15 is 0 Å². The van der Waals surface area contributed by atoms with Crippen molar-refractivity contribution < 1.29 is 9.53 Å². The third kappa shape index (κ3) is 3.70. The lowest BCUT2D eigenvalue weighted by atomic mass is 10.0. The summed E-state index contributed by atoms with van der Waals surface area (Å²) >= 11 is 0. The van der Waals surface area contributed by atoms with Gasteiger partial charge in [-0.1, -0.05) is 13.8 Å². The van der Waals surface area contributed by atoms with E-state index in [2.05, 4.69) is 10.3 Å². The van der Waals surface area contributed by atoms with E-state index in [9.17, 15) is 4.79 Å². The zero-order valence-electron chi connectivity index (χ0n) is 12.3. The van der Waals surface area contributed by atoms with Crippen LogP contribution in [0.2, 0.25) is 0 Å². The number of amides is 1. The maximum Gasteiger partial charge on any atom is 0.251 e. The zero-order valence-corrected chi connectivity index (χ0v) is 12.3. The molecule has 5 nitrogen and oxygen atoms in total. The zero-order chi connectivity index (χ0) is 14.7. The quantitative estimate of drug-likeness (QED) is 0.886. The molecule has 1 aliphatic rings. The molecule has 0 radical (unpaired) electrons. The van der Waals surface area contributed by atoms with Gasteiger partial charge >= 0.3 is 0 Å². The minimum atomic E-state index is -0.0832. The fourth-order valence-electron chi connectivity index (χ4n) is 2.40. The molecule has 20 heavy (non-hydrogen) atoms. The predicted molar refractivity (Wildman–Crippen MR) is 78.6 cm³/mol. The van der Waals surface area contributed by atoms with Gasteiger partial charge in [-0.2, -0.15) is 0 Å². The average Bonchev–Trinajstić information content (AvgIpc) is 2.37. The maximum atomic E-state index is 12.3. The van der Waals surface area contributed by atoms with Gasteiger partial charge in [0, 0.05) is 23.9 Å². The van der Waals surface area contributed by atoms with Crippen molar-refractivity contribution in [2.45, 2.75) is 51.7 Å². The Kier molecular flexibility index (Phi) is 4.60. The molecule has 0 spiro atoms. The first-order valence-electron chi connectivity index (χ1n) is 7.15. The first kappa shape index (κ1) is 14.8. The number of nitrogens with zero attached hydrogens (tertiary/aromatic N) is 1. The molecule has 0 aromatic carbocycles. The minimum Gasteiger partial charge on any atom is -0.384 e. The van der Waals surface area contributed by atoms with E-state index in [0.29, 0.717) is 18.0 Å². The Balaban J connectivity index is 2.08. The van der Waals surface area contributed by atoms with Crippen LogP contribution in [0.3, 0.4) is 0 Å². The lowest BCUT2D eigenvalue weighted by molar-refractivity contribution is 0.0136. The van der Waals surface area contributed by atoms with Gasteiger partial charge in [-0.3, -0.25) is 4.79 Å². The van der Waals surface area contributed by atoms with Gasteiger partial charge in [-0.05, 0) is 37.8 Å². The Labute approximate surface area is 119 Å². The first-order valence-corrected chi connectivity index (χ1v) is 7.15. The molecule has 1 saturated heterocycles. The summed E-state index contributed by atoms with van der Waals surface area (Å²) in [6.45, 7) is 6.79. The van der Waals surface area contributed by atoms with Gasteiger partial charge in [0.15, 0.2) is 0 Å². The number of aromatic nitrogens is 1. The summed E-state index contributed by atoms with van der Waals surface area (Å²) in [6.07, 6.45) is 1.90. The van der Waals surface area contributed by atoms with Crippen LogP contribution in [0.1, 0.15) is 55.6 Å². The largest absolute Gasteiger partial charge is 0.384 e. The van der Waals surface area contributed by atoms with E-state index in [1.165, 1.54) is 0 Å². The Morgan fingerprint density at radius 3 is 2.90 bits per heavy atom. The van der Waals surface area contributed by atoms with Crippen molar-refractivity contribution in [2.24, 2.45) is 0 Å². The Hall–Kier alpha value is -1.62. The lowest BCUT2D eigenvalue weighted by Gasteiger charge is -2.28. The van der Waals surface area contributed by atoms with Crippen LogP contribution in [0, 0.1) is 0 Å². The van der Waals surface area contributed by atoms with E-state index in [-0.39, 0.29) is 24.0 Å². The molecule has 1 aromatic rings. The molecule has 2 unspecified atom stereocenters. The molecular weight excluding hydrogens is 254 g/mol. The van der Waals surface area contributed by atoms with Gasteiger partial charge in [0.05, 0.1) is 6.10 Å². The van der Waals surface area contributed by atoms with Gasteiger partial charge in [-0.25, -0.2) is 4.98 Å². The number of anilines is 1. The Morgan fingerprint density at radius 2 is 2.25 bits per heavy atom. The Bertz CT molecular complexity index is 488. The highest BCUT2D eigenvalue weighted by Crippen LogP contribution is 2.17. The van der Waals surface area contributed by atoms with Crippen LogP contribution in [0.25, 0.3) is 0 Å². The van der Waals surface area contributed by atoms with Gasteiger partial charge in [0.2, 0.25) is 0 Å². The van der Waals surface area contributed by atoms with Crippen molar-refractivity contribution in [3.8, 4) is 0 Å². The molecule has 110 valence electrons. The third-order valence-electron chi connectivity index (χ3n) is 3.54. The number of carbonyl (C=O) groups is 1. The van der Waals surface area contributed by atoms with Crippen LogP contribution < -0.4 is 11.1 Å². The normalized spacial score (nSPS) is 22.8. The lowest BCUT2D eigenvalue weighted by Crippen LogP contribution is -2.41. The molecule has 2 atom stereocenters. The number of nitrogens with two attached hydrogens (primary N) is 1. The van der Waals surface area contributed by atoms with Crippen molar-refractivity contribution >= 4 is 11.7 Å². The summed E-state index contributed by atoms with van der Waals surface area (Å²) in [7, 11) is 0. The minimum absolute atomic E-state index is 0.0832. The maximum absolute atomic E-state index is 12.3. The number of ether oxygens (including phenoxy) is 1. The predicted octanol–water partition coefficient (Wildman–Crippen LogP) is 2.08. The Morgan fingerprint density at radius 1 is 1.50 bits per heavy atom. The van der Waals surface area contributed by atoms with Crippen molar-refractivity contribution in [3.05, 3.63) is 23.4 Å². The SMILES string of the molecule is CC1CC(NC(=O)c2cc(N)nc(C(C)C)c2)CCO1. The summed E-state index contributed by atoms with van der Waals surface area (Å²) in [5, 5.41) is 3.06. The van der Waals surface area contributed by atoms with Crippen molar-refractivity contribution in [1.82, 2.24) is 10.3 Å². The smallest absolute Gasteiger partial charge is 0.251 e. The molecule has 0 saturated carbocycles. The molecule has 1 amide bonds. The number of rotatable bonds is 3. The van der Waals surface area contributed by atoms with Gasteiger partial charge in [-0.15, -0.1) is 0 Å². The van der Waals surface area contributed by atoms with Crippen LogP contribution >= 0.6 is 0 Å². The second kappa shape index (κ2) is 6.22. The van der Waals surface area contributed by atoms with Crippen LogP contribution in [-0.4, -0.2) is 29.6 Å². The molecule has 0 aliphatic carbocycles. The highest BCUT2D eigenvalue weighted by atomic mass is 16.5. The van der Waals surface area contributed by atoms with E-state index < -0.39 is 0 Å². The van der Waals surface area contributed by atoms with Crippen molar-refractivity contribution in [3.63, 3.8) is 0 Å². The van der Waals surface area contributed by atoms with Crippen LogP contribution in [0.4, 0.5) is 5.82 Å². The second-order valence-corrected chi connectivity index (χ2v) is 5.74. The molecule has 1 aromatic heterocycles. The molecule has 2 heterocycles. The van der Waals surface area contributed by atoms with Crippen LogP contribution in [0.5, 0.6) is 0 Å². The van der Waals surface area contributed by atoms with Crippen molar-refractivity contribution in [1.29, 1.82) is 0 Å². The molecule has 2 rings (SSSR count). The standard InChI is InChI=1S/C15H23N3O2/c1-9(2)13-7-11(8-14(16)18-13)15(19)17-12-4-5-20-10(3)6-12/h7-10,12H,4-6H2,1-3H3,(H2,16,18)(H,17,19). The number of nitrogen functional groups attached to an aromatic ring is 1. The number of hydrogen-bond acceptors (Lipinski definition) is 4. The monoisotopic (exact) mass is 277 g/mol. The highest BCUT2D eigenvalue weighted by Gasteiger charge is 2.22. The average molecular weight is 277 g/mol. The number of carbonyl (C=O) groups excluding carboxylic acids is 1. The van der Waals surface area contributed by atoms with Gasteiger partial charge < -0.3 is 15.8 Å². The van der Waals surface area contributed by atoms with E-state index in [0.717, 1.165) is 18.5 Å². The van der Waals surface area contributed by atoms with Gasteiger partial charge in [0.1, 0.15) is 5.82 Å². The van der Waals surface area contributed by atoms with E-state index in [1.807, 2.05) is 26.8 Å². The molecule has 0 bridgehead atoms. The number of nitrogens with one attached hydrogen (secondary N) is 1. The first-order chi connectivity index (χ1) is 9.45. The fraction of sp³-hybridized carbons (Fsp3) is 0.600. The summed E-state index contributed by atoms with van der Waals surface area (Å²) in [5.41, 5.74) is 7.21. The van der Waals surface area contributed by atoms with E-state index in [1.54, 1.807) is 6.07 Å². The van der Waals surface area contributed by atoms with Crippen molar-refractivity contribution in [2.75, 3.05) is 12.3 Å². The van der Waals surface area contributed by atoms with E-state index in [4.69, 9.17) is 10.5 Å². The van der Waals surface area contributed by atoms with Crippen LogP contribution in [0.15, 0.2) is 12.1 Å². The fourth-order valence-corrected chi connectivity index (χ4v) is 2.40. The summed E-state index contributed by atoms with van der Waals surface area (Å²) in [4.78, 5) is 16.6. The molecule has 1 fully saturated rings. The topological polar surface area (TPSA) is 77.2 Å². The second-order valence-electron chi connectivity index (χ2n) is 5.74. The molecular formula is C15H23N3O2. The molecule has 3 N–H and O–H groups in total. The number of hydrogen-bond donors (Lipinski definition) is 2. The highest BCUT2D eigenvalue weighted by molar-refractivity contribution is 5.95. The number of pyridine rings is 1.